The van der Waals surface area contributed by atoms with Gasteiger partial charge in [0.05, 0.1) is 6.04 Å². The molecule has 0 aliphatic heterocycles. The summed E-state index contributed by atoms with van der Waals surface area (Å²) in [4.78, 5) is 13.9. The number of hydrogen-bond donors (Lipinski definition) is 2. The fraction of sp³-hybridized carbons (Fsp3) is 0.923. The van der Waals surface area contributed by atoms with Crippen LogP contribution in [0.2, 0.25) is 0 Å². The van der Waals surface area contributed by atoms with Crippen molar-refractivity contribution in [1.29, 1.82) is 0 Å². The van der Waals surface area contributed by atoms with Gasteiger partial charge in [-0.25, -0.2) is 0 Å². The Kier molecular flexibility index (Phi) is 9.09. The average molecular weight is 243 g/mol. The van der Waals surface area contributed by atoms with Crippen molar-refractivity contribution >= 4 is 5.91 Å². The van der Waals surface area contributed by atoms with E-state index < -0.39 is 0 Å². The van der Waals surface area contributed by atoms with E-state index in [2.05, 4.69) is 38.0 Å². The molecule has 0 aromatic heterocycles. The van der Waals surface area contributed by atoms with Gasteiger partial charge in [0, 0.05) is 19.1 Å². The fourth-order valence-corrected chi connectivity index (χ4v) is 1.57. The van der Waals surface area contributed by atoms with Gasteiger partial charge in [0.1, 0.15) is 0 Å². The van der Waals surface area contributed by atoms with Gasteiger partial charge in [-0.2, -0.15) is 0 Å². The summed E-state index contributed by atoms with van der Waals surface area (Å²) in [6, 6.07) is 0.213. The van der Waals surface area contributed by atoms with E-state index in [1.165, 1.54) is 0 Å². The van der Waals surface area contributed by atoms with Crippen molar-refractivity contribution in [2.24, 2.45) is 5.73 Å². The van der Waals surface area contributed by atoms with Crippen LogP contribution in [0.4, 0.5) is 0 Å². The number of carbonyl (C=O) groups is 1. The van der Waals surface area contributed by atoms with E-state index in [9.17, 15) is 4.79 Å². The van der Waals surface area contributed by atoms with E-state index in [4.69, 9.17) is 5.73 Å². The molecule has 0 aromatic carbocycles. The molecular formula is C13H29N3O. The minimum Gasteiger partial charge on any atom is -0.353 e. The second-order valence-corrected chi connectivity index (χ2v) is 4.78. The van der Waals surface area contributed by atoms with Crippen molar-refractivity contribution in [3.63, 3.8) is 0 Å². The Bertz CT molecular complexity index is 209. The standard InChI is InChI=1S/C13H29N3O/c1-5-7-8-12(14)13(17)15-9-10-16(4)11(3)6-2/h11-12H,5-10,14H2,1-4H3,(H,15,17)/t11?,12-/m0/s1. The first-order valence-electron chi connectivity index (χ1n) is 6.76. The Morgan fingerprint density at radius 2 is 2.06 bits per heavy atom. The third-order valence-corrected chi connectivity index (χ3v) is 3.31. The zero-order valence-electron chi connectivity index (χ0n) is 11.8. The van der Waals surface area contributed by atoms with Crippen molar-refractivity contribution in [1.82, 2.24) is 10.2 Å². The summed E-state index contributed by atoms with van der Waals surface area (Å²) in [6.07, 6.45) is 4.00. The zero-order valence-corrected chi connectivity index (χ0v) is 11.8. The Balaban J connectivity index is 3.70. The number of unbranched alkanes of at least 4 members (excludes halogenated alkanes) is 1. The van der Waals surface area contributed by atoms with E-state index in [-0.39, 0.29) is 11.9 Å². The topological polar surface area (TPSA) is 58.4 Å². The molecule has 0 rings (SSSR count). The SMILES string of the molecule is CCCC[C@H](N)C(=O)NCCN(C)C(C)CC. The van der Waals surface area contributed by atoms with E-state index in [0.29, 0.717) is 12.6 Å². The molecule has 0 saturated heterocycles. The van der Waals surface area contributed by atoms with E-state index in [0.717, 1.165) is 32.2 Å². The minimum atomic E-state index is -0.344. The lowest BCUT2D eigenvalue weighted by atomic mass is 10.1. The molecule has 0 heterocycles. The van der Waals surface area contributed by atoms with Crippen LogP contribution < -0.4 is 11.1 Å². The predicted octanol–water partition coefficient (Wildman–Crippen LogP) is 1.35. The lowest BCUT2D eigenvalue weighted by Crippen LogP contribution is -2.44. The van der Waals surface area contributed by atoms with Gasteiger partial charge in [0.15, 0.2) is 0 Å². The highest BCUT2D eigenvalue weighted by molar-refractivity contribution is 5.81. The van der Waals surface area contributed by atoms with Crippen LogP contribution in [-0.2, 0) is 4.79 Å². The third-order valence-electron chi connectivity index (χ3n) is 3.31. The monoisotopic (exact) mass is 243 g/mol. The second kappa shape index (κ2) is 9.42. The number of nitrogens with one attached hydrogen (secondary N) is 1. The first-order valence-corrected chi connectivity index (χ1v) is 6.76. The summed E-state index contributed by atoms with van der Waals surface area (Å²) in [7, 11) is 2.08. The maximum atomic E-state index is 11.6. The number of carbonyl (C=O) groups excluding carboxylic acids is 1. The van der Waals surface area contributed by atoms with Crippen LogP contribution in [0, 0.1) is 0 Å². The molecular weight excluding hydrogens is 214 g/mol. The van der Waals surface area contributed by atoms with Crippen LogP contribution in [0.1, 0.15) is 46.5 Å². The van der Waals surface area contributed by atoms with Crippen molar-refractivity contribution in [2.45, 2.75) is 58.5 Å². The molecule has 17 heavy (non-hydrogen) atoms. The summed E-state index contributed by atoms with van der Waals surface area (Å²) in [5, 5.41) is 2.90. The van der Waals surface area contributed by atoms with Crippen molar-refractivity contribution in [3.05, 3.63) is 0 Å². The molecule has 0 aliphatic rings. The summed E-state index contributed by atoms with van der Waals surface area (Å²) in [5.74, 6) is -0.0176. The van der Waals surface area contributed by atoms with Gasteiger partial charge in [0.2, 0.25) is 5.91 Å². The molecule has 0 radical (unpaired) electrons. The van der Waals surface area contributed by atoms with E-state index in [1.807, 2.05) is 0 Å². The number of rotatable bonds is 9. The number of amides is 1. The molecule has 4 heteroatoms. The quantitative estimate of drug-likeness (QED) is 0.643. The highest BCUT2D eigenvalue weighted by Gasteiger charge is 2.12. The molecule has 3 N–H and O–H groups in total. The Hall–Kier alpha value is -0.610. The highest BCUT2D eigenvalue weighted by Crippen LogP contribution is 1.99. The van der Waals surface area contributed by atoms with Crippen molar-refractivity contribution in [2.75, 3.05) is 20.1 Å². The smallest absolute Gasteiger partial charge is 0.236 e. The summed E-state index contributed by atoms with van der Waals surface area (Å²) < 4.78 is 0. The van der Waals surface area contributed by atoms with Crippen molar-refractivity contribution in [3.8, 4) is 0 Å². The Morgan fingerprint density at radius 1 is 1.41 bits per heavy atom. The number of hydrogen-bond acceptors (Lipinski definition) is 3. The van der Waals surface area contributed by atoms with Gasteiger partial charge in [-0.05, 0) is 26.8 Å². The second-order valence-electron chi connectivity index (χ2n) is 4.78. The van der Waals surface area contributed by atoms with Gasteiger partial charge >= 0.3 is 0 Å². The Morgan fingerprint density at radius 3 is 2.59 bits per heavy atom. The summed E-state index contributed by atoms with van der Waals surface area (Å²) in [5.41, 5.74) is 5.78. The lowest BCUT2D eigenvalue weighted by Gasteiger charge is -2.23. The normalized spacial score (nSPS) is 14.7. The maximum absolute atomic E-state index is 11.6. The molecule has 4 nitrogen and oxygen atoms in total. The third kappa shape index (κ3) is 7.34. The van der Waals surface area contributed by atoms with Gasteiger partial charge < -0.3 is 16.0 Å². The van der Waals surface area contributed by atoms with Gasteiger partial charge in [-0.3, -0.25) is 4.79 Å². The minimum absolute atomic E-state index is 0.0176. The van der Waals surface area contributed by atoms with Crippen LogP contribution in [0.3, 0.4) is 0 Å². The van der Waals surface area contributed by atoms with Gasteiger partial charge in [-0.1, -0.05) is 26.7 Å². The molecule has 1 unspecified atom stereocenters. The molecule has 2 atom stereocenters. The van der Waals surface area contributed by atoms with Crippen LogP contribution in [0.5, 0.6) is 0 Å². The molecule has 0 aliphatic carbocycles. The number of likely N-dealkylation sites (N-methyl/N-ethyl adjacent to an activating group) is 1. The van der Waals surface area contributed by atoms with Crippen LogP contribution in [-0.4, -0.2) is 43.0 Å². The molecule has 0 aromatic rings. The summed E-state index contributed by atoms with van der Waals surface area (Å²) >= 11 is 0. The Labute approximate surface area is 106 Å². The average Bonchev–Trinajstić information content (AvgIpc) is 2.34. The van der Waals surface area contributed by atoms with Crippen LogP contribution >= 0.6 is 0 Å². The lowest BCUT2D eigenvalue weighted by molar-refractivity contribution is -0.122. The molecule has 0 saturated carbocycles. The largest absolute Gasteiger partial charge is 0.353 e. The zero-order chi connectivity index (χ0) is 13.3. The first-order chi connectivity index (χ1) is 8.02. The summed E-state index contributed by atoms with van der Waals surface area (Å²) in [6.45, 7) is 8.02. The number of nitrogens with zero attached hydrogens (tertiary/aromatic N) is 1. The van der Waals surface area contributed by atoms with Crippen LogP contribution in [0.15, 0.2) is 0 Å². The van der Waals surface area contributed by atoms with Gasteiger partial charge in [-0.15, -0.1) is 0 Å². The van der Waals surface area contributed by atoms with Gasteiger partial charge in [0.25, 0.3) is 0 Å². The predicted molar refractivity (Wildman–Crippen MR) is 72.9 cm³/mol. The fourth-order valence-electron chi connectivity index (χ4n) is 1.57. The first kappa shape index (κ1) is 16.4. The highest BCUT2D eigenvalue weighted by atomic mass is 16.2. The van der Waals surface area contributed by atoms with Crippen molar-refractivity contribution < 1.29 is 4.79 Å². The molecule has 0 spiro atoms. The molecule has 102 valence electrons. The molecule has 1 amide bonds. The van der Waals surface area contributed by atoms with E-state index in [1.54, 1.807) is 0 Å². The number of nitrogens with two attached hydrogens (primary N) is 1. The molecule has 0 bridgehead atoms. The van der Waals surface area contributed by atoms with Crippen LogP contribution in [0.25, 0.3) is 0 Å². The maximum Gasteiger partial charge on any atom is 0.236 e. The van der Waals surface area contributed by atoms with E-state index >= 15 is 0 Å². The molecule has 0 fully saturated rings.